The van der Waals surface area contributed by atoms with Crippen molar-refractivity contribution in [2.24, 2.45) is 0 Å². The number of nitrogens with two attached hydrogens (primary N) is 1. The van der Waals surface area contributed by atoms with Crippen molar-refractivity contribution in [1.29, 1.82) is 0 Å². The Labute approximate surface area is 98.2 Å². The predicted octanol–water partition coefficient (Wildman–Crippen LogP) is 1.66. The maximum absolute atomic E-state index is 12.5. The lowest BCUT2D eigenvalue weighted by molar-refractivity contribution is -0.274. The lowest BCUT2D eigenvalue weighted by Gasteiger charge is -2.15. The van der Waals surface area contributed by atoms with Crippen LogP contribution in [0.1, 0.15) is 11.3 Å². The van der Waals surface area contributed by atoms with Gasteiger partial charge in [0, 0.05) is 5.56 Å². The molecule has 18 heavy (non-hydrogen) atoms. The highest BCUT2D eigenvalue weighted by Gasteiger charge is 2.34. The van der Waals surface area contributed by atoms with Crippen molar-refractivity contribution >= 4 is 11.7 Å². The Bertz CT molecular complexity index is 462. The molecular formula is C9H8F4N2O3. The molecule has 0 aromatic carbocycles. The minimum absolute atomic E-state index is 0.453. The number of anilines is 1. The summed E-state index contributed by atoms with van der Waals surface area (Å²) >= 11 is 0. The maximum atomic E-state index is 12.5. The first-order valence-corrected chi connectivity index (χ1v) is 4.54. The second-order valence-corrected chi connectivity index (χ2v) is 3.22. The Hall–Kier alpha value is -2.06. The molecule has 0 aliphatic heterocycles. The number of carbonyl (C=O) groups is 1. The Morgan fingerprint density at radius 2 is 2.11 bits per heavy atom. The molecular weight excluding hydrogens is 260 g/mol. The Balaban J connectivity index is 3.31. The summed E-state index contributed by atoms with van der Waals surface area (Å²) in [6, 6.07) is 0. The zero-order chi connectivity index (χ0) is 13.9. The van der Waals surface area contributed by atoms with E-state index >= 15 is 0 Å². The van der Waals surface area contributed by atoms with Crippen molar-refractivity contribution in [2.75, 3.05) is 5.73 Å². The van der Waals surface area contributed by atoms with Crippen LogP contribution in [0.15, 0.2) is 6.20 Å². The number of carboxylic acid groups (broad SMARTS) is 1. The highest BCUT2D eigenvalue weighted by Crippen LogP contribution is 2.33. The smallest absolute Gasteiger partial charge is 0.481 e. The molecule has 0 fully saturated rings. The van der Waals surface area contributed by atoms with Crippen LogP contribution in [0.2, 0.25) is 0 Å². The van der Waals surface area contributed by atoms with Crippen LogP contribution >= 0.6 is 0 Å². The van der Waals surface area contributed by atoms with E-state index in [2.05, 4.69) is 9.72 Å². The van der Waals surface area contributed by atoms with Crippen LogP contribution in [0.3, 0.4) is 0 Å². The summed E-state index contributed by atoms with van der Waals surface area (Å²) in [5.41, 5.74) is 3.73. The lowest BCUT2D eigenvalue weighted by atomic mass is 10.1. The average molecular weight is 268 g/mol. The Kier molecular flexibility index (Phi) is 3.94. The van der Waals surface area contributed by atoms with Crippen LogP contribution in [0, 0.1) is 0 Å². The quantitative estimate of drug-likeness (QED) is 0.811. The highest BCUT2D eigenvalue weighted by atomic mass is 19.4. The molecule has 0 amide bonds. The molecule has 0 unspecified atom stereocenters. The number of rotatable bonds is 4. The summed E-state index contributed by atoms with van der Waals surface area (Å²) in [7, 11) is 0. The van der Waals surface area contributed by atoms with Crippen molar-refractivity contribution in [3.05, 3.63) is 17.5 Å². The predicted molar refractivity (Wildman–Crippen MR) is 51.5 cm³/mol. The number of ether oxygens (including phenoxy) is 1. The van der Waals surface area contributed by atoms with E-state index in [1.165, 1.54) is 0 Å². The number of pyridine rings is 1. The molecule has 0 saturated carbocycles. The highest BCUT2D eigenvalue weighted by molar-refractivity contribution is 5.73. The van der Waals surface area contributed by atoms with Gasteiger partial charge >= 0.3 is 12.3 Å². The third-order valence-electron chi connectivity index (χ3n) is 1.92. The maximum Gasteiger partial charge on any atom is 0.573 e. The molecule has 0 bridgehead atoms. The van der Waals surface area contributed by atoms with Gasteiger partial charge in [-0.2, -0.15) is 0 Å². The van der Waals surface area contributed by atoms with Gasteiger partial charge in [-0.05, 0) is 0 Å². The van der Waals surface area contributed by atoms with Gasteiger partial charge in [-0.3, -0.25) is 9.78 Å². The third kappa shape index (κ3) is 3.47. The van der Waals surface area contributed by atoms with Crippen LogP contribution < -0.4 is 10.5 Å². The van der Waals surface area contributed by atoms with E-state index in [4.69, 9.17) is 10.8 Å². The molecule has 1 heterocycles. The minimum Gasteiger partial charge on any atom is -0.481 e. The normalized spacial score (nSPS) is 11.3. The molecule has 1 rings (SSSR count). The van der Waals surface area contributed by atoms with E-state index in [1.54, 1.807) is 0 Å². The molecule has 1 aromatic rings. The van der Waals surface area contributed by atoms with Gasteiger partial charge in [-0.25, -0.2) is 4.39 Å². The van der Waals surface area contributed by atoms with E-state index in [0.29, 0.717) is 0 Å². The van der Waals surface area contributed by atoms with Crippen LogP contribution in [-0.4, -0.2) is 22.4 Å². The van der Waals surface area contributed by atoms with E-state index in [0.717, 1.165) is 6.20 Å². The summed E-state index contributed by atoms with van der Waals surface area (Å²) in [5.74, 6) is -2.38. The van der Waals surface area contributed by atoms with Crippen molar-refractivity contribution in [2.45, 2.75) is 19.5 Å². The molecule has 0 radical (unpaired) electrons. The van der Waals surface area contributed by atoms with E-state index < -0.39 is 48.1 Å². The van der Waals surface area contributed by atoms with Crippen molar-refractivity contribution in [3.8, 4) is 5.75 Å². The van der Waals surface area contributed by atoms with Crippen molar-refractivity contribution < 1.29 is 32.2 Å². The fourth-order valence-corrected chi connectivity index (χ4v) is 1.27. The molecule has 5 nitrogen and oxygen atoms in total. The lowest BCUT2D eigenvalue weighted by Crippen LogP contribution is -2.21. The molecule has 0 atom stereocenters. The molecule has 3 N–H and O–H groups in total. The number of halogens is 4. The molecule has 100 valence electrons. The summed E-state index contributed by atoms with van der Waals surface area (Å²) < 4.78 is 52.6. The molecule has 1 aromatic heterocycles. The topological polar surface area (TPSA) is 85.4 Å². The van der Waals surface area contributed by atoms with Gasteiger partial charge in [-0.1, -0.05) is 0 Å². The second kappa shape index (κ2) is 5.07. The van der Waals surface area contributed by atoms with E-state index in [9.17, 15) is 22.4 Å². The van der Waals surface area contributed by atoms with Crippen molar-refractivity contribution in [3.63, 3.8) is 0 Å². The van der Waals surface area contributed by atoms with Crippen LogP contribution in [0.4, 0.5) is 23.2 Å². The SMILES string of the molecule is Nc1cnc(CF)c(CC(=O)O)c1OC(F)(F)F. The number of alkyl halides is 4. The number of hydrogen-bond acceptors (Lipinski definition) is 4. The molecule has 9 heteroatoms. The van der Waals surface area contributed by atoms with E-state index in [1.807, 2.05) is 0 Å². The Morgan fingerprint density at radius 3 is 2.56 bits per heavy atom. The average Bonchev–Trinajstić information content (AvgIpc) is 2.21. The van der Waals surface area contributed by atoms with Gasteiger partial charge in [0.1, 0.15) is 6.67 Å². The fraction of sp³-hybridized carbons (Fsp3) is 0.333. The van der Waals surface area contributed by atoms with Gasteiger partial charge in [-0.15, -0.1) is 13.2 Å². The first-order valence-electron chi connectivity index (χ1n) is 4.54. The van der Waals surface area contributed by atoms with Gasteiger partial charge in [0.2, 0.25) is 0 Å². The number of nitrogen functional groups attached to an aromatic ring is 1. The summed E-state index contributed by atoms with van der Waals surface area (Å²) in [6.07, 6.45) is -5.15. The first kappa shape index (κ1) is 14.0. The first-order chi connectivity index (χ1) is 8.24. The molecule has 0 spiro atoms. The number of hydrogen-bond donors (Lipinski definition) is 2. The summed E-state index contributed by atoms with van der Waals surface area (Å²) in [5, 5.41) is 8.57. The number of nitrogens with zero attached hydrogens (tertiary/aromatic N) is 1. The van der Waals surface area contributed by atoms with Gasteiger partial charge in [0.15, 0.2) is 5.75 Å². The Morgan fingerprint density at radius 1 is 1.50 bits per heavy atom. The van der Waals surface area contributed by atoms with Gasteiger partial charge < -0.3 is 15.6 Å². The number of aliphatic carboxylic acids is 1. The molecule has 0 aliphatic rings. The standard InChI is InChI=1S/C9H8F4N2O3/c10-2-6-4(1-7(16)17)8(5(14)3-15-6)18-9(11,12)13/h3H,1-2,14H2,(H,16,17). The van der Waals surface area contributed by atoms with Gasteiger partial charge in [0.05, 0.1) is 24.0 Å². The van der Waals surface area contributed by atoms with E-state index in [-0.39, 0.29) is 0 Å². The van der Waals surface area contributed by atoms with Crippen LogP contribution in [0.5, 0.6) is 5.75 Å². The molecule has 0 saturated heterocycles. The number of carboxylic acids is 1. The summed E-state index contributed by atoms with van der Waals surface area (Å²) in [4.78, 5) is 14.0. The van der Waals surface area contributed by atoms with Crippen LogP contribution in [0.25, 0.3) is 0 Å². The van der Waals surface area contributed by atoms with Gasteiger partial charge in [0.25, 0.3) is 0 Å². The van der Waals surface area contributed by atoms with Crippen molar-refractivity contribution in [1.82, 2.24) is 4.98 Å². The minimum atomic E-state index is -5.06. The zero-order valence-electron chi connectivity index (χ0n) is 8.79. The second-order valence-electron chi connectivity index (χ2n) is 3.22. The molecule has 0 aliphatic carbocycles. The fourth-order valence-electron chi connectivity index (χ4n) is 1.27. The third-order valence-corrected chi connectivity index (χ3v) is 1.92. The number of aromatic nitrogens is 1. The largest absolute Gasteiger partial charge is 0.573 e. The summed E-state index contributed by atoms with van der Waals surface area (Å²) in [6.45, 7) is -1.23. The van der Waals surface area contributed by atoms with Crippen LogP contribution in [-0.2, 0) is 17.9 Å². The zero-order valence-corrected chi connectivity index (χ0v) is 8.79. The monoisotopic (exact) mass is 268 g/mol.